The highest BCUT2D eigenvalue weighted by molar-refractivity contribution is 5.84. The van der Waals surface area contributed by atoms with E-state index >= 15 is 0 Å². The molecule has 0 aliphatic carbocycles. The van der Waals surface area contributed by atoms with E-state index in [1.54, 1.807) is 0 Å². The van der Waals surface area contributed by atoms with E-state index in [1.165, 1.54) is 7.11 Å². The van der Waals surface area contributed by atoms with E-state index in [0.29, 0.717) is 6.42 Å². The number of nitrogens with one attached hydrogen (secondary N) is 2. The van der Waals surface area contributed by atoms with Crippen LogP contribution in [0.1, 0.15) is 19.4 Å². The van der Waals surface area contributed by atoms with Crippen molar-refractivity contribution in [2.45, 2.75) is 32.4 Å². The molecule has 0 radical (unpaired) electrons. The Balaban J connectivity index is 2.23. The van der Waals surface area contributed by atoms with Crippen LogP contribution < -0.4 is 5.32 Å². The number of methoxy groups -OCH3 is 1. The molecule has 1 heterocycles. The van der Waals surface area contributed by atoms with Crippen LogP contribution >= 0.6 is 0 Å². The molecule has 0 saturated heterocycles. The van der Waals surface area contributed by atoms with Crippen LogP contribution in [0.5, 0.6) is 0 Å². The van der Waals surface area contributed by atoms with Gasteiger partial charge in [-0.05, 0) is 11.6 Å². The van der Waals surface area contributed by atoms with Gasteiger partial charge in [0, 0.05) is 29.6 Å². The lowest BCUT2D eigenvalue weighted by Gasteiger charge is -2.18. The summed E-state index contributed by atoms with van der Waals surface area (Å²) in [5.41, 5.74) is 2.21. The number of hydrogen-bond donors (Lipinski definition) is 2. The highest BCUT2D eigenvalue weighted by Crippen LogP contribution is 2.19. The first-order chi connectivity index (χ1) is 9.11. The van der Waals surface area contributed by atoms with Crippen molar-refractivity contribution < 1.29 is 9.53 Å². The highest BCUT2D eigenvalue weighted by Gasteiger charge is 2.21. The van der Waals surface area contributed by atoms with Gasteiger partial charge in [0.1, 0.15) is 6.04 Å². The minimum atomic E-state index is -0.316. The van der Waals surface area contributed by atoms with Crippen LogP contribution in [-0.4, -0.2) is 30.1 Å². The monoisotopic (exact) mass is 260 g/mol. The maximum atomic E-state index is 11.8. The van der Waals surface area contributed by atoms with E-state index in [4.69, 9.17) is 4.74 Å². The van der Waals surface area contributed by atoms with Crippen LogP contribution in [0.4, 0.5) is 0 Å². The van der Waals surface area contributed by atoms with Crippen LogP contribution in [0.2, 0.25) is 0 Å². The highest BCUT2D eigenvalue weighted by atomic mass is 16.5. The maximum absolute atomic E-state index is 11.8. The fourth-order valence-corrected chi connectivity index (χ4v) is 2.28. The number of carbonyl (C=O) groups excluding carboxylic acids is 1. The normalized spacial score (nSPS) is 12.8. The Labute approximate surface area is 113 Å². The van der Waals surface area contributed by atoms with Gasteiger partial charge in [-0.2, -0.15) is 0 Å². The average molecular weight is 260 g/mol. The molecule has 0 spiro atoms. The number of aromatic nitrogens is 1. The van der Waals surface area contributed by atoms with Crippen molar-refractivity contribution in [2.24, 2.45) is 0 Å². The Morgan fingerprint density at radius 1 is 1.37 bits per heavy atom. The zero-order valence-corrected chi connectivity index (χ0v) is 11.6. The lowest BCUT2D eigenvalue weighted by atomic mass is 10.0. The Bertz CT molecular complexity index is 560. The topological polar surface area (TPSA) is 54.1 Å². The van der Waals surface area contributed by atoms with Crippen LogP contribution in [0.25, 0.3) is 10.9 Å². The van der Waals surface area contributed by atoms with E-state index in [2.05, 4.69) is 16.4 Å². The number of fused-ring (bicyclic) bond motifs is 1. The predicted octanol–water partition coefficient (Wildman–Crippen LogP) is 2.25. The predicted molar refractivity (Wildman–Crippen MR) is 76.1 cm³/mol. The van der Waals surface area contributed by atoms with E-state index in [-0.39, 0.29) is 18.1 Å². The summed E-state index contributed by atoms with van der Waals surface area (Å²) in [4.78, 5) is 15.0. The van der Waals surface area contributed by atoms with Gasteiger partial charge in [-0.3, -0.25) is 4.79 Å². The minimum Gasteiger partial charge on any atom is -0.468 e. The molecule has 2 N–H and O–H groups in total. The lowest BCUT2D eigenvalue weighted by molar-refractivity contribution is -0.143. The number of carbonyl (C=O) groups is 1. The van der Waals surface area contributed by atoms with Crippen molar-refractivity contribution in [3.63, 3.8) is 0 Å². The summed E-state index contributed by atoms with van der Waals surface area (Å²) in [6, 6.07) is 8.00. The van der Waals surface area contributed by atoms with Crippen molar-refractivity contribution in [3.8, 4) is 0 Å². The molecule has 1 aromatic carbocycles. The third-order valence-electron chi connectivity index (χ3n) is 3.12. The second-order valence-corrected chi connectivity index (χ2v) is 4.96. The SMILES string of the molecule is COC(=O)C(Cc1c[nH]c2ccccc12)NC(C)C. The number of benzene rings is 1. The molecular formula is C15H20N2O2. The molecule has 0 aliphatic heterocycles. The molecule has 19 heavy (non-hydrogen) atoms. The summed E-state index contributed by atoms with van der Waals surface area (Å²) in [5, 5.41) is 4.40. The van der Waals surface area contributed by atoms with Crippen molar-refractivity contribution in [3.05, 3.63) is 36.0 Å². The maximum Gasteiger partial charge on any atom is 0.323 e. The number of rotatable bonds is 5. The molecule has 1 aromatic heterocycles. The van der Waals surface area contributed by atoms with Crippen molar-refractivity contribution >= 4 is 16.9 Å². The van der Waals surface area contributed by atoms with Crippen LogP contribution in [0.15, 0.2) is 30.5 Å². The second kappa shape index (κ2) is 5.89. The molecule has 0 aliphatic rings. The van der Waals surface area contributed by atoms with Crippen molar-refractivity contribution in [1.29, 1.82) is 0 Å². The van der Waals surface area contributed by atoms with Crippen molar-refractivity contribution in [1.82, 2.24) is 10.3 Å². The molecule has 1 unspecified atom stereocenters. The molecule has 0 saturated carbocycles. The molecule has 0 bridgehead atoms. The van der Waals surface area contributed by atoms with Gasteiger partial charge in [-0.1, -0.05) is 32.0 Å². The van der Waals surface area contributed by atoms with Crippen molar-refractivity contribution in [2.75, 3.05) is 7.11 Å². The fraction of sp³-hybridized carbons (Fsp3) is 0.400. The number of aromatic amines is 1. The molecule has 0 fully saturated rings. The largest absolute Gasteiger partial charge is 0.468 e. The quantitative estimate of drug-likeness (QED) is 0.811. The Morgan fingerprint density at radius 2 is 2.11 bits per heavy atom. The van der Waals surface area contributed by atoms with Crippen LogP contribution in [0.3, 0.4) is 0 Å². The van der Waals surface area contributed by atoms with Gasteiger partial charge in [0.25, 0.3) is 0 Å². The van der Waals surface area contributed by atoms with Gasteiger partial charge in [0.05, 0.1) is 7.11 Å². The Morgan fingerprint density at radius 3 is 2.79 bits per heavy atom. The van der Waals surface area contributed by atoms with Crippen LogP contribution in [-0.2, 0) is 16.0 Å². The Kier molecular flexibility index (Phi) is 4.22. The van der Waals surface area contributed by atoms with Gasteiger partial charge < -0.3 is 15.0 Å². The van der Waals surface area contributed by atoms with E-state index in [9.17, 15) is 4.79 Å². The number of H-pyrrole nitrogens is 1. The lowest BCUT2D eigenvalue weighted by Crippen LogP contribution is -2.43. The minimum absolute atomic E-state index is 0.223. The third kappa shape index (κ3) is 3.15. The molecule has 0 amide bonds. The van der Waals surface area contributed by atoms with E-state index < -0.39 is 0 Å². The molecule has 1 atom stereocenters. The average Bonchev–Trinajstić information content (AvgIpc) is 2.80. The number of para-hydroxylation sites is 1. The summed E-state index contributed by atoms with van der Waals surface area (Å²) in [6.45, 7) is 4.04. The number of hydrogen-bond acceptors (Lipinski definition) is 3. The third-order valence-corrected chi connectivity index (χ3v) is 3.12. The summed E-state index contributed by atoms with van der Waals surface area (Å²) in [5.74, 6) is -0.223. The van der Waals surface area contributed by atoms with Crippen LogP contribution in [0, 0.1) is 0 Å². The van der Waals surface area contributed by atoms with Gasteiger partial charge in [0.2, 0.25) is 0 Å². The summed E-state index contributed by atoms with van der Waals surface area (Å²) in [6.07, 6.45) is 2.58. The van der Waals surface area contributed by atoms with Gasteiger partial charge in [0.15, 0.2) is 0 Å². The fourth-order valence-electron chi connectivity index (χ4n) is 2.28. The Hall–Kier alpha value is -1.81. The van der Waals surface area contributed by atoms with Gasteiger partial charge in [-0.25, -0.2) is 0 Å². The van der Waals surface area contributed by atoms with E-state index in [1.807, 2.05) is 38.2 Å². The van der Waals surface area contributed by atoms with Gasteiger partial charge in [-0.15, -0.1) is 0 Å². The molecule has 2 rings (SSSR count). The first kappa shape index (κ1) is 13.6. The second-order valence-electron chi connectivity index (χ2n) is 4.96. The number of ether oxygens (including phenoxy) is 1. The first-order valence-corrected chi connectivity index (χ1v) is 6.50. The first-order valence-electron chi connectivity index (χ1n) is 6.50. The smallest absolute Gasteiger partial charge is 0.323 e. The number of esters is 1. The van der Waals surface area contributed by atoms with E-state index in [0.717, 1.165) is 16.5 Å². The summed E-state index contributed by atoms with van der Waals surface area (Å²) >= 11 is 0. The molecule has 4 nitrogen and oxygen atoms in total. The summed E-state index contributed by atoms with van der Waals surface area (Å²) in [7, 11) is 1.42. The molecule has 102 valence electrons. The zero-order valence-electron chi connectivity index (χ0n) is 11.6. The molecule has 4 heteroatoms. The zero-order chi connectivity index (χ0) is 13.8. The van der Waals surface area contributed by atoms with Gasteiger partial charge >= 0.3 is 5.97 Å². The standard InChI is InChI=1S/C15H20N2O2/c1-10(2)17-14(15(18)19-3)8-11-9-16-13-7-5-4-6-12(11)13/h4-7,9-10,14,16-17H,8H2,1-3H3. The summed E-state index contributed by atoms with van der Waals surface area (Å²) < 4.78 is 4.86. The molecule has 2 aromatic rings. The molecular weight excluding hydrogens is 240 g/mol.